The zero-order valence-corrected chi connectivity index (χ0v) is 14.0. The molecule has 0 aliphatic carbocycles. The molecule has 25 heavy (non-hydrogen) atoms. The minimum absolute atomic E-state index is 0.243. The molecule has 2 aromatic carbocycles. The van der Waals surface area contributed by atoms with Crippen LogP contribution >= 0.6 is 0 Å². The first-order valence-electron chi connectivity index (χ1n) is 7.22. The van der Waals surface area contributed by atoms with Crippen LogP contribution in [0.2, 0.25) is 0 Å². The lowest BCUT2D eigenvalue weighted by atomic mass is 10.1. The van der Waals surface area contributed by atoms with Crippen molar-refractivity contribution >= 4 is 21.5 Å². The summed E-state index contributed by atoms with van der Waals surface area (Å²) in [5.41, 5.74) is 1.98. The minimum atomic E-state index is -3.23. The molecule has 0 amide bonds. The standard InChI is InChI=1S/C17H13N5O2S/c1-25(23,24)15-8-6-14(7-9-15)21-17-20-11-19-16(22-17)13-4-2-12(10-18)3-5-13/h2-9,11H,1H3,(H,19,20,21,22). The van der Waals surface area contributed by atoms with E-state index in [0.717, 1.165) is 11.8 Å². The van der Waals surface area contributed by atoms with E-state index in [4.69, 9.17) is 5.26 Å². The molecule has 1 N–H and O–H groups in total. The molecule has 1 heterocycles. The molecule has 0 bridgehead atoms. The molecule has 0 radical (unpaired) electrons. The van der Waals surface area contributed by atoms with E-state index in [-0.39, 0.29) is 4.90 Å². The van der Waals surface area contributed by atoms with Crippen molar-refractivity contribution in [1.82, 2.24) is 15.0 Å². The highest BCUT2D eigenvalue weighted by Gasteiger charge is 2.08. The van der Waals surface area contributed by atoms with Crippen molar-refractivity contribution in [1.29, 1.82) is 5.26 Å². The van der Waals surface area contributed by atoms with Gasteiger partial charge in [0.15, 0.2) is 15.7 Å². The van der Waals surface area contributed by atoms with Gasteiger partial charge in [0.05, 0.1) is 16.5 Å². The third-order valence-electron chi connectivity index (χ3n) is 3.38. The van der Waals surface area contributed by atoms with Gasteiger partial charge in [-0.25, -0.2) is 18.4 Å². The summed E-state index contributed by atoms with van der Waals surface area (Å²) in [4.78, 5) is 12.8. The molecule has 3 aromatic rings. The van der Waals surface area contributed by atoms with Gasteiger partial charge in [0.25, 0.3) is 0 Å². The lowest BCUT2D eigenvalue weighted by Crippen LogP contribution is -2.01. The van der Waals surface area contributed by atoms with Crippen molar-refractivity contribution < 1.29 is 8.42 Å². The van der Waals surface area contributed by atoms with Gasteiger partial charge in [-0.3, -0.25) is 0 Å². The van der Waals surface area contributed by atoms with E-state index < -0.39 is 9.84 Å². The second-order valence-electron chi connectivity index (χ2n) is 5.24. The summed E-state index contributed by atoms with van der Waals surface area (Å²) >= 11 is 0. The summed E-state index contributed by atoms with van der Waals surface area (Å²) in [5.74, 6) is 0.802. The highest BCUT2D eigenvalue weighted by atomic mass is 32.2. The van der Waals surface area contributed by atoms with Crippen molar-refractivity contribution in [2.24, 2.45) is 0 Å². The third-order valence-corrected chi connectivity index (χ3v) is 4.51. The smallest absolute Gasteiger partial charge is 0.230 e. The van der Waals surface area contributed by atoms with E-state index in [1.165, 1.54) is 18.5 Å². The number of aromatic nitrogens is 3. The first-order valence-corrected chi connectivity index (χ1v) is 9.11. The van der Waals surface area contributed by atoms with Crippen molar-refractivity contribution in [3.8, 4) is 17.5 Å². The Balaban J connectivity index is 1.83. The second kappa shape index (κ2) is 6.67. The number of nitrogens with one attached hydrogen (secondary N) is 1. The molecule has 0 saturated carbocycles. The lowest BCUT2D eigenvalue weighted by Gasteiger charge is -2.07. The highest BCUT2D eigenvalue weighted by molar-refractivity contribution is 7.90. The van der Waals surface area contributed by atoms with Crippen LogP contribution in [0.15, 0.2) is 59.8 Å². The van der Waals surface area contributed by atoms with Crippen LogP contribution in [0.4, 0.5) is 11.6 Å². The Bertz CT molecular complexity index is 1040. The van der Waals surface area contributed by atoms with E-state index in [9.17, 15) is 8.42 Å². The zero-order valence-electron chi connectivity index (χ0n) is 13.2. The number of benzene rings is 2. The van der Waals surface area contributed by atoms with E-state index in [1.54, 1.807) is 36.4 Å². The fraction of sp³-hybridized carbons (Fsp3) is 0.0588. The van der Waals surface area contributed by atoms with Crippen LogP contribution in [-0.4, -0.2) is 29.6 Å². The first kappa shape index (κ1) is 16.5. The molecule has 0 atom stereocenters. The minimum Gasteiger partial charge on any atom is -0.324 e. The van der Waals surface area contributed by atoms with Gasteiger partial charge in [0, 0.05) is 17.5 Å². The maximum absolute atomic E-state index is 11.5. The molecule has 0 aliphatic heterocycles. The third kappa shape index (κ3) is 3.97. The van der Waals surface area contributed by atoms with Gasteiger partial charge < -0.3 is 5.32 Å². The number of anilines is 2. The summed E-state index contributed by atoms with van der Waals surface area (Å²) in [5, 5.41) is 11.8. The Morgan fingerprint density at radius 2 is 1.68 bits per heavy atom. The number of nitrogens with zero attached hydrogens (tertiary/aromatic N) is 4. The van der Waals surface area contributed by atoms with Crippen LogP contribution in [0.3, 0.4) is 0 Å². The zero-order chi connectivity index (χ0) is 17.9. The molecular formula is C17H13N5O2S. The van der Waals surface area contributed by atoms with Crippen LogP contribution < -0.4 is 5.32 Å². The number of rotatable bonds is 4. The quantitative estimate of drug-likeness (QED) is 0.769. The number of hydrogen-bond acceptors (Lipinski definition) is 7. The highest BCUT2D eigenvalue weighted by Crippen LogP contribution is 2.19. The van der Waals surface area contributed by atoms with Crippen molar-refractivity contribution in [3.63, 3.8) is 0 Å². The Hall–Kier alpha value is -3.31. The molecule has 3 rings (SSSR count). The van der Waals surface area contributed by atoms with Gasteiger partial charge in [0.1, 0.15) is 6.33 Å². The van der Waals surface area contributed by atoms with Gasteiger partial charge in [-0.1, -0.05) is 0 Å². The summed E-state index contributed by atoms with van der Waals surface area (Å²) in [6.45, 7) is 0. The molecular weight excluding hydrogens is 338 g/mol. The normalized spacial score (nSPS) is 10.9. The molecule has 0 saturated heterocycles. The monoisotopic (exact) mass is 351 g/mol. The summed E-state index contributed by atoms with van der Waals surface area (Å²) in [7, 11) is -3.23. The maximum Gasteiger partial charge on any atom is 0.230 e. The predicted octanol–water partition coefficient (Wildman–Crippen LogP) is 2.56. The molecule has 0 unspecified atom stereocenters. The molecule has 0 fully saturated rings. The Kier molecular flexibility index (Phi) is 4.41. The van der Waals surface area contributed by atoms with Crippen molar-refractivity contribution in [2.75, 3.05) is 11.6 Å². The van der Waals surface area contributed by atoms with Crippen LogP contribution in [0.5, 0.6) is 0 Å². The Morgan fingerprint density at radius 3 is 2.28 bits per heavy atom. The summed E-state index contributed by atoms with van der Waals surface area (Å²) < 4.78 is 23.0. The van der Waals surface area contributed by atoms with Crippen LogP contribution in [0.25, 0.3) is 11.4 Å². The first-order chi connectivity index (χ1) is 12.0. The van der Waals surface area contributed by atoms with E-state index in [0.29, 0.717) is 23.0 Å². The average Bonchev–Trinajstić information content (AvgIpc) is 2.62. The van der Waals surface area contributed by atoms with Gasteiger partial charge >= 0.3 is 0 Å². The number of nitriles is 1. The molecule has 7 nitrogen and oxygen atoms in total. The largest absolute Gasteiger partial charge is 0.324 e. The van der Waals surface area contributed by atoms with E-state index >= 15 is 0 Å². The van der Waals surface area contributed by atoms with E-state index in [1.807, 2.05) is 0 Å². The number of hydrogen-bond donors (Lipinski definition) is 1. The topological polar surface area (TPSA) is 109 Å². The molecule has 0 spiro atoms. The van der Waals surface area contributed by atoms with Crippen molar-refractivity contribution in [2.45, 2.75) is 4.90 Å². The summed E-state index contributed by atoms with van der Waals surface area (Å²) in [6.07, 6.45) is 2.54. The van der Waals surface area contributed by atoms with Gasteiger partial charge in [0.2, 0.25) is 5.95 Å². The Labute approximate surface area is 145 Å². The van der Waals surface area contributed by atoms with Crippen LogP contribution in [0.1, 0.15) is 5.56 Å². The SMILES string of the molecule is CS(=O)(=O)c1ccc(Nc2ncnc(-c3ccc(C#N)cc3)n2)cc1. The summed E-state index contributed by atoms with van der Waals surface area (Å²) in [6, 6.07) is 15.3. The van der Waals surface area contributed by atoms with Gasteiger partial charge in [-0.15, -0.1) is 0 Å². The second-order valence-corrected chi connectivity index (χ2v) is 7.26. The van der Waals surface area contributed by atoms with Crippen LogP contribution in [-0.2, 0) is 9.84 Å². The fourth-order valence-corrected chi connectivity index (χ4v) is 2.73. The Morgan fingerprint density at radius 1 is 1.00 bits per heavy atom. The molecule has 0 aliphatic rings. The fourth-order valence-electron chi connectivity index (χ4n) is 2.10. The average molecular weight is 351 g/mol. The van der Waals surface area contributed by atoms with Crippen molar-refractivity contribution in [3.05, 3.63) is 60.4 Å². The predicted molar refractivity (Wildman–Crippen MR) is 92.8 cm³/mol. The van der Waals surface area contributed by atoms with Gasteiger partial charge in [-0.2, -0.15) is 10.2 Å². The van der Waals surface area contributed by atoms with Gasteiger partial charge in [-0.05, 0) is 48.5 Å². The lowest BCUT2D eigenvalue weighted by molar-refractivity contribution is 0.602. The van der Waals surface area contributed by atoms with Crippen LogP contribution in [0, 0.1) is 11.3 Å². The van der Waals surface area contributed by atoms with E-state index in [2.05, 4.69) is 26.3 Å². The molecule has 8 heteroatoms. The maximum atomic E-state index is 11.5. The molecule has 124 valence electrons. The number of sulfone groups is 1. The molecule has 1 aromatic heterocycles.